The summed E-state index contributed by atoms with van der Waals surface area (Å²) in [6.45, 7) is 6.13. The van der Waals surface area contributed by atoms with Crippen LogP contribution in [0.2, 0.25) is 0 Å². The number of hydrogen-bond acceptors (Lipinski definition) is 7. The SMILES string of the molecule is CC[C@H](C)C1NC(=O)c2ccc(cc2)CN(C(=O)C2(C(N)=O)CC2)CCCCNC(=O)[C@@H](C)NC(=O)[C@H](Cc2ccc(OC)cc2)NC1=O. The first-order valence-electron chi connectivity index (χ1n) is 16.9. The number of primary amides is 1. The minimum Gasteiger partial charge on any atom is -0.497 e. The summed E-state index contributed by atoms with van der Waals surface area (Å²) in [5.74, 6) is -2.57. The molecule has 1 aliphatic carbocycles. The summed E-state index contributed by atoms with van der Waals surface area (Å²) in [7, 11) is 1.55. The molecular formula is C36H48N6O7. The summed E-state index contributed by atoms with van der Waals surface area (Å²) in [6.07, 6.45) is 2.58. The van der Waals surface area contributed by atoms with Gasteiger partial charge in [0.25, 0.3) is 5.91 Å². The minimum atomic E-state index is -1.19. The van der Waals surface area contributed by atoms with Gasteiger partial charge in [-0.25, -0.2) is 0 Å². The molecule has 2 bridgehead atoms. The molecule has 0 saturated heterocycles. The molecule has 1 saturated carbocycles. The van der Waals surface area contributed by atoms with Crippen molar-refractivity contribution in [2.75, 3.05) is 20.2 Å². The molecule has 49 heavy (non-hydrogen) atoms. The Bertz CT molecular complexity index is 1520. The number of amides is 6. The zero-order chi connectivity index (χ0) is 35.7. The van der Waals surface area contributed by atoms with Crippen LogP contribution in [0.5, 0.6) is 5.75 Å². The number of fused-ring (bicyclic) bond motifs is 18. The Balaban J connectivity index is 1.61. The van der Waals surface area contributed by atoms with Crippen LogP contribution < -0.4 is 31.7 Å². The summed E-state index contributed by atoms with van der Waals surface area (Å²) in [4.78, 5) is 81.0. The number of nitrogens with one attached hydrogen (secondary N) is 4. The lowest BCUT2D eigenvalue weighted by Crippen LogP contribution is -2.58. The molecule has 6 amide bonds. The first-order valence-corrected chi connectivity index (χ1v) is 16.9. The fourth-order valence-corrected chi connectivity index (χ4v) is 5.79. The van der Waals surface area contributed by atoms with Gasteiger partial charge < -0.3 is 36.6 Å². The maximum Gasteiger partial charge on any atom is 0.251 e. The van der Waals surface area contributed by atoms with Crippen LogP contribution >= 0.6 is 0 Å². The lowest BCUT2D eigenvalue weighted by atomic mass is 9.96. The van der Waals surface area contributed by atoms with Crippen molar-refractivity contribution in [3.63, 3.8) is 0 Å². The van der Waals surface area contributed by atoms with Crippen LogP contribution in [-0.4, -0.2) is 78.7 Å². The van der Waals surface area contributed by atoms with Crippen LogP contribution in [0.4, 0.5) is 0 Å². The Kier molecular flexibility index (Phi) is 12.4. The van der Waals surface area contributed by atoms with Crippen molar-refractivity contribution in [2.45, 2.75) is 84.0 Å². The van der Waals surface area contributed by atoms with Crippen LogP contribution in [0.1, 0.15) is 74.4 Å². The van der Waals surface area contributed by atoms with Crippen molar-refractivity contribution in [1.29, 1.82) is 0 Å². The third kappa shape index (κ3) is 9.36. The van der Waals surface area contributed by atoms with Crippen LogP contribution in [0.15, 0.2) is 48.5 Å². The fraction of sp³-hybridized carbons (Fsp3) is 0.500. The Labute approximate surface area is 287 Å². The average molecular weight is 677 g/mol. The Morgan fingerprint density at radius 2 is 1.61 bits per heavy atom. The van der Waals surface area contributed by atoms with E-state index < -0.39 is 53.1 Å². The van der Waals surface area contributed by atoms with Crippen LogP contribution in [0, 0.1) is 11.3 Å². The standard InChI is InChI=1S/C36H48N6O7/c1-5-22(2)29-33(46)40-28(20-24-10-14-27(49-4)15-11-24)32(45)39-23(3)30(43)38-18-6-7-19-42(35(48)36(16-17-36)34(37)47)21-25-8-12-26(13-9-25)31(44)41-29/h8-15,22-23,28-29H,5-7,16-21H2,1-4H3,(H2,37,47)(H,38,43)(H,39,45)(H,40,46)(H,41,44)/t22-,23+,28-,29?/m0/s1. The summed E-state index contributed by atoms with van der Waals surface area (Å²) >= 11 is 0. The van der Waals surface area contributed by atoms with Crippen LogP contribution in [0.3, 0.4) is 0 Å². The smallest absolute Gasteiger partial charge is 0.251 e. The Hall–Kier alpha value is -4.94. The monoisotopic (exact) mass is 676 g/mol. The van der Waals surface area contributed by atoms with Gasteiger partial charge in [0.1, 0.15) is 29.3 Å². The van der Waals surface area contributed by atoms with E-state index in [-0.39, 0.29) is 24.8 Å². The molecule has 4 atom stereocenters. The van der Waals surface area contributed by atoms with Gasteiger partial charge in [-0.2, -0.15) is 0 Å². The van der Waals surface area contributed by atoms with Gasteiger partial charge >= 0.3 is 0 Å². The first-order chi connectivity index (χ1) is 23.4. The van der Waals surface area contributed by atoms with Gasteiger partial charge in [0.05, 0.1) is 7.11 Å². The van der Waals surface area contributed by atoms with Gasteiger partial charge in [-0.05, 0) is 73.9 Å². The molecule has 2 aromatic rings. The summed E-state index contributed by atoms with van der Waals surface area (Å²) in [5.41, 5.74) is 6.23. The maximum absolute atomic E-state index is 13.8. The number of carbonyl (C=O) groups is 6. The molecule has 0 spiro atoms. The zero-order valence-corrected chi connectivity index (χ0v) is 28.7. The van der Waals surface area contributed by atoms with Gasteiger partial charge in [-0.3, -0.25) is 28.8 Å². The Morgan fingerprint density at radius 1 is 0.939 bits per heavy atom. The van der Waals surface area contributed by atoms with Gasteiger partial charge in [0.15, 0.2) is 0 Å². The van der Waals surface area contributed by atoms with E-state index in [1.165, 1.54) is 0 Å². The highest BCUT2D eigenvalue weighted by Gasteiger charge is 2.56. The number of nitrogens with zero attached hydrogens (tertiary/aromatic N) is 1. The van der Waals surface area contributed by atoms with Crippen molar-refractivity contribution in [3.8, 4) is 5.75 Å². The second-order valence-electron chi connectivity index (χ2n) is 13.0. The Morgan fingerprint density at radius 3 is 2.20 bits per heavy atom. The van der Waals surface area contributed by atoms with E-state index in [1.807, 2.05) is 13.8 Å². The van der Waals surface area contributed by atoms with E-state index in [2.05, 4.69) is 21.3 Å². The predicted octanol–water partition coefficient (Wildman–Crippen LogP) is 1.58. The summed E-state index contributed by atoms with van der Waals surface area (Å²) in [5, 5.41) is 11.2. The molecule has 2 aromatic carbocycles. The van der Waals surface area contributed by atoms with Crippen molar-refractivity contribution < 1.29 is 33.5 Å². The molecule has 1 fully saturated rings. The zero-order valence-electron chi connectivity index (χ0n) is 28.7. The van der Waals surface area contributed by atoms with Crippen molar-refractivity contribution in [1.82, 2.24) is 26.2 Å². The number of ether oxygens (including phenoxy) is 1. The van der Waals surface area contributed by atoms with E-state index in [9.17, 15) is 28.8 Å². The van der Waals surface area contributed by atoms with Crippen LogP contribution in [-0.2, 0) is 36.9 Å². The highest BCUT2D eigenvalue weighted by molar-refractivity contribution is 6.07. The van der Waals surface area contributed by atoms with Gasteiger partial charge in [-0.15, -0.1) is 0 Å². The molecule has 1 unspecified atom stereocenters. The van der Waals surface area contributed by atoms with E-state index in [0.29, 0.717) is 56.5 Å². The summed E-state index contributed by atoms with van der Waals surface area (Å²) < 4.78 is 5.24. The van der Waals surface area contributed by atoms with Crippen molar-refractivity contribution in [2.24, 2.45) is 17.1 Å². The highest BCUT2D eigenvalue weighted by Crippen LogP contribution is 2.47. The van der Waals surface area contributed by atoms with Crippen molar-refractivity contribution >= 4 is 35.4 Å². The summed E-state index contributed by atoms with van der Waals surface area (Å²) in [6, 6.07) is 10.9. The number of carbonyl (C=O) groups excluding carboxylic acids is 6. The molecule has 3 aliphatic rings. The van der Waals surface area contributed by atoms with Crippen LogP contribution in [0.25, 0.3) is 0 Å². The largest absolute Gasteiger partial charge is 0.497 e. The molecule has 2 aliphatic heterocycles. The lowest BCUT2D eigenvalue weighted by molar-refractivity contribution is -0.143. The van der Waals surface area contributed by atoms with E-state index in [4.69, 9.17) is 10.5 Å². The number of hydrogen-bond donors (Lipinski definition) is 5. The lowest BCUT2D eigenvalue weighted by Gasteiger charge is -2.27. The molecule has 0 aromatic heterocycles. The molecule has 13 nitrogen and oxygen atoms in total. The third-order valence-corrected chi connectivity index (χ3v) is 9.43. The topological polar surface area (TPSA) is 189 Å². The number of methoxy groups -OCH3 is 1. The van der Waals surface area contributed by atoms with Gasteiger partial charge in [0.2, 0.25) is 29.5 Å². The molecule has 6 N–H and O–H groups in total. The van der Waals surface area contributed by atoms with Gasteiger partial charge in [-0.1, -0.05) is 44.5 Å². The molecular weight excluding hydrogens is 628 g/mol. The highest BCUT2D eigenvalue weighted by atomic mass is 16.5. The molecule has 0 radical (unpaired) electrons. The average Bonchev–Trinajstić information content (AvgIpc) is 3.91. The molecule has 5 rings (SSSR count). The first kappa shape index (κ1) is 36.9. The predicted molar refractivity (Wildman–Crippen MR) is 182 cm³/mol. The second-order valence-corrected chi connectivity index (χ2v) is 13.0. The quantitative estimate of drug-likeness (QED) is 0.217. The number of rotatable bonds is 7. The minimum absolute atomic E-state index is 0.130. The molecule has 13 heteroatoms. The third-order valence-electron chi connectivity index (χ3n) is 9.43. The fourth-order valence-electron chi connectivity index (χ4n) is 5.79. The van der Waals surface area contributed by atoms with E-state index in [1.54, 1.807) is 67.5 Å². The maximum atomic E-state index is 13.8. The number of benzene rings is 2. The van der Waals surface area contributed by atoms with E-state index in [0.717, 1.165) is 11.1 Å². The molecule has 2 heterocycles. The van der Waals surface area contributed by atoms with E-state index >= 15 is 0 Å². The normalized spacial score (nSPS) is 22.8. The molecule has 264 valence electrons. The van der Waals surface area contributed by atoms with Gasteiger partial charge in [0, 0.05) is 31.6 Å². The second kappa shape index (κ2) is 16.4. The number of nitrogens with two attached hydrogens (primary N) is 1. The van der Waals surface area contributed by atoms with Crippen molar-refractivity contribution in [3.05, 3.63) is 65.2 Å².